The van der Waals surface area contributed by atoms with Gasteiger partial charge in [0, 0.05) is 12.5 Å². The molecule has 110 valence electrons. The Kier molecular flexibility index (Phi) is 12.5. The van der Waals surface area contributed by atoms with Crippen LogP contribution in [0.15, 0.2) is 11.8 Å². The summed E-state index contributed by atoms with van der Waals surface area (Å²) in [6.07, 6.45) is 13.3. The molecular weight excluding hydrogens is 240 g/mol. The molecule has 0 aromatic rings. The van der Waals surface area contributed by atoms with E-state index in [1.54, 1.807) is 0 Å². The van der Waals surface area contributed by atoms with Gasteiger partial charge in [-0.3, -0.25) is 9.59 Å². The van der Waals surface area contributed by atoms with E-state index in [-0.39, 0.29) is 11.5 Å². The number of carbonyl (C=O) groups excluding carboxylic acids is 2. The monoisotopic (exact) mass is 268 g/mol. The van der Waals surface area contributed by atoms with Gasteiger partial charge < -0.3 is 4.74 Å². The van der Waals surface area contributed by atoms with Crippen molar-refractivity contribution in [1.82, 2.24) is 0 Å². The number of Topliss-reactive ketones (excluding diaryl/α,β-unsaturated/α-hetero) is 1. The number of hydrogen-bond acceptors (Lipinski definition) is 3. The molecule has 0 unspecified atom stereocenters. The van der Waals surface area contributed by atoms with E-state index in [9.17, 15) is 9.59 Å². The van der Waals surface area contributed by atoms with Crippen molar-refractivity contribution in [3.05, 3.63) is 11.8 Å². The summed E-state index contributed by atoms with van der Waals surface area (Å²) in [6, 6.07) is 0. The Hall–Kier alpha value is -1.12. The molecule has 0 heterocycles. The minimum absolute atomic E-state index is 0.0717. The van der Waals surface area contributed by atoms with Crippen molar-refractivity contribution in [2.24, 2.45) is 0 Å². The fourth-order valence-corrected chi connectivity index (χ4v) is 2.06. The van der Waals surface area contributed by atoms with E-state index in [0.717, 1.165) is 12.8 Å². The van der Waals surface area contributed by atoms with Crippen molar-refractivity contribution >= 4 is 12.1 Å². The Bertz CT molecular complexity index is 269. The van der Waals surface area contributed by atoms with Crippen molar-refractivity contribution < 1.29 is 14.3 Å². The van der Waals surface area contributed by atoms with E-state index in [0.29, 0.717) is 12.7 Å². The standard InChI is InChI=1S/C16H28O3/c1-3-4-5-6-7-8-9-10-11-12-15(18)16(19-2)13-14-17/h13-14H,3-12H2,1-2H3/b16-13+. The predicted molar refractivity (Wildman–Crippen MR) is 78.0 cm³/mol. The lowest BCUT2D eigenvalue weighted by molar-refractivity contribution is -0.119. The highest BCUT2D eigenvalue weighted by molar-refractivity contribution is 5.96. The lowest BCUT2D eigenvalue weighted by Crippen LogP contribution is -2.04. The second-order valence-corrected chi connectivity index (χ2v) is 4.87. The van der Waals surface area contributed by atoms with Crippen LogP contribution in [0.4, 0.5) is 0 Å². The Morgan fingerprint density at radius 1 is 0.947 bits per heavy atom. The molecule has 3 nitrogen and oxygen atoms in total. The van der Waals surface area contributed by atoms with Crippen molar-refractivity contribution in [1.29, 1.82) is 0 Å². The number of hydrogen-bond donors (Lipinski definition) is 0. The van der Waals surface area contributed by atoms with Crippen molar-refractivity contribution in [2.45, 2.75) is 71.1 Å². The van der Waals surface area contributed by atoms with Crippen LogP contribution in [0.3, 0.4) is 0 Å². The molecule has 0 fully saturated rings. The van der Waals surface area contributed by atoms with Crippen molar-refractivity contribution in [3.63, 3.8) is 0 Å². The van der Waals surface area contributed by atoms with E-state index in [1.807, 2.05) is 0 Å². The number of methoxy groups -OCH3 is 1. The van der Waals surface area contributed by atoms with Gasteiger partial charge in [-0.1, -0.05) is 58.3 Å². The van der Waals surface area contributed by atoms with Crippen LogP contribution >= 0.6 is 0 Å². The van der Waals surface area contributed by atoms with E-state index < -0.39 is 0 Å². The number of carbonyl (C=O) groups is 2. The third kappa shape index (κ3) is 10.5. The fraction of sp³-hybridized carbons (Fsp3) is 0.750. The molecule has 0 saturated heterocycles. The van der Waals surface area contributed by atoms with Gasteiger partial charge in [0.05, 0.1) is 7.11 Å². The summed E-state index contributed by atoms with van der Waals surface area (Å²) in [5, 5.41) is 0. The van der Waals surface area contributed by atoms with Crippen LogP contribution < -0.4 is 0 Å². The highest BCUT2D eigenvalue weighted by Gasteiger charge is 2.08. The summed E-state index contributed by atoms with van der Waals surface area (Å²) < 4.78 is 4.87. The number of rotatable bonds is 13. The molecule has 19 heavy (non-hydrogen) atoms. The van der Waals surface area contributed by atoms with Crippen molar-refractivity contribution in [3.8, 4) is 0 Å². The zero-order valence-electron chi connectivity index (χ0n) is 12.5. The summed E-state index contributed by atoms with van der Waals surface area (Å²) >= 11 is 0. The predicted octanol–water partition coefficient (Wildman–Crippen LogP) is 4.21. The minimum atomic E-state index is -0.0717. The first kappa shape index (κ1) is 17.9. The molecule has 0 aliphatic heterocycles. The first-order chi connectivity index (χ1) is 9.26. The summed E-state index contributed by atoms with van der Waals surface area (Å²) in [7, 11) is 1.42. The number of aldehydes is 1. The number of allylic oxidation sites excluding steroid dienone is 2. The largest absolute Gasteiger partial charge is 0.493 e. The number of unbranched alkanes of at least 4 members (excludes halogenated alkanes) is 8. The molecule has 0 spiro atoms. The van der Waals surface area contributed by atoms with Crippen LogP contribution in [0.2, 0.25) is 0 Å². The van der Waals surface area contributed by atoms with Gasteiger partial charge in [-0.25, -0.2) is 0 Å². The van der Waals surface area contributed by atoms with Gasteiger partial charge in [0.25, 0.3) is 0 Å². The third-order valence-corrected chi connectivity index (χ3v) is 3.22. The average Bonchev–Trinajstić information content (AvgIpc) is 2.42. The molecule has 0 atom stereocenters. The second-order valence-electron chi connectivity index (χ2n) is 4.87. The molecule has 0 rings (SSSR count). The van der Waals surface area contributed by atoms with Gasteiger partial charge in [0.15, 0.2) is 11.5 Å². The van der Waals surface area contributed by atoms with E-state index in [1.165, 1.54) is 58.1 Å². The molecule has 0 aliphatic rings. The van der Waals surface area contributed by atoms with E-state index in [4.69, 9.17) is 4.74 Å². The van der Waals surface area contributed by atoms with Gasteiger partial charge in [-0.15, -0.1) is 0 Å². The van der Waals surface area contributed by atoms with Gasteiger partial charge >= 0.3 is 0 Å². The average molecular weight is 268 g/mol. The minimum Gasteiger partial charge on any atom is -0.493 e. The Morgan fingerprint density at radius 3 is 1.95 bits per heavy atom. The van der Waals surface area contributed by atoms with Gasteiger partial charge in [0.1, 0.15) is 6.29 Å². The quantitative estimate of drug-likeness (QED) is 0.217. The van der Waals surface area contributed by atoms with E-state index >= 15 is 0 Å². The maximum Gasteiger partial charge on any atom is 0.197 e. The lowest BCUT2D eigenvalue weighted by Gasteiger charge is -2.04. The van der Waals surface area contributed by atoms with Crippen LogP contribution in [0, 0.1) is 0 Å². The number of ether oxygens (including phenoxy) is 1. The van der Waals surface area contributed by atoms with Gasteiger partial charge in [0.2, 0.25) is 0 Å². The molecule has 0 radical (unpaired) electrons. The molecule has 0 aromatic carbocycles. The molecule has 0 saturated carbocycles. The van der Waals surface area contributed by atoms with E-state index in [2.05, 4.69) is 6.92 Å². The lowest BCUT2D eigenvalue weighted by atomic mass is 10.1. The van der Waals surface area contributed by atoms with Crippen LogP contribution in [0.1, 0.15) is 71.1 Å². The molecule has 3 heteroatoms. The Balaban J connectivity index is 3.46. The summed E-state index contributed by atoms with van der Waals surface area (Å²) in [4.78, 5) is 21.9. The zero-order chi connectivity index (χ0) is 14.3. The number of ketones is 1. The maximum absolute atomic E-state index is 11.6. The highest BCUT2D eigenvalue weighted by atomic mass is 16.5. The van der Waals surface area contributed by atoms with Crippen LogP contribution in [0.5, 0.6) is 0 Å². The van der Waals surface area contributed by atoms with Crippen LogP contribution in [-0.4, -0.2) is 19.2 Å². The molecule has 0 aromatic heterocycles. The first-order valence-electron chi connectivity index (χ1n) is 7.48. The molecule has 0 bridgehead atoms. The molecular formula is C16H28O3. The summed E-state index contributed by atoms with van der Waals surface area (Å²) in [5.41, 5.74) is 0. The van der Waals surface area contributed by atoms with Gasteiger partial charge in [-0.05, 0) is 6.42 Å². The topological polar surface area (TPSA) is 43.4 Å². The Morgan fingerprint density at radius 2 is 1.47 bits per heavy atom. The summed E-state index contributed by atoms with van der Waals surface area (Å²) in [5.74, 6) is 0.104. The summed E-state index contributed by atoms with van der Waals surface area (Å²) in [6.45, 7) is 2.23. The Labute approximate surface area is 117 Å². The second kappa shape index (κ2) is 13.3. The molecule has 0 aliphatic carbocycles. The highest BCUT2D eigenvalue weighted by Crippen LogP contribution is 2.12. The third-order valence-electron chi connectivity index (χ3n) is 3.22. The normalized spacial score (nSPS) is 11.4. The molecule has 0 N–H and O–H groups in total. The first-order valence-corrected chi connectivity index (χ1v) is 7.48. The smallest absolute Gasteiger partial charge is 0.197 e. The van der Waals surface area contributed by atoms with Crippen LogP contribution in [0.25, 0.3) is 0 Å². The zero-order valence-corrected chi connectivity index (χ0v) is 12.5. The van der Waals surface area contributed by atoms with Crippen LogP contribution in [-0.2, 0) is 14.3 Å². The SMILES string of the molecule is CCCCCCCCCCCC(=O)/C(=C\C=O)OC. The van der Waals surface area contributed by atoms with Crippen molar-refractivity contribution in [2.75, 3.05) is 7.11 Å². The fourth-order valence-electron chi connectivity index (χ4n) is 2.06. The maximum atomic E-state index is 11.6. The van der Waals surface area contributed by atoms with Gasteiger partial charge in [-0.2, -0.15) is 0 Å². The molecule has 0 amide bonds.